The largest absolute Gasteiger partial charge is 0.508 e. The third kappa shape index (κ3) is 6.43. The van der Waals surface area contributed by atoms with Gasteiger partial charge in [-0.3, -0.25) is 19.2 Å². The van der Waals surface area contributed by atoms with E-state index in [2.05, 4.69) is 20.8 Å². The van der Waals surface area contributed by atoms with Crippen molar-refractivity contribution in [3.63, 3.8) is 0 Å². The first-order chi connectivity index (χ1) is 16.7. The van der Waals surface area contributed by atoms with Gasteiger partial charge in [-0.2, -0.15) is 0 Å². The third-order valence-electron chi connectivity index (χ3n) is 5.46. The SMILES string of the molecule is CC(C)C(NC(=O)c1ccc2ccccc2n1)C1=NOC(C(=O)N[C@@H](CC(=O)O)C(=O)C[NH+]=[N-])C1. The van der Waals surface area contributed by atoms with Crippen LogP contribution in [0.15, 0.2) is 41.6 Å². The second-order valence-corrected chi connectivity index (χ2v) is 8.43. The average Bonchev–Trinajstić information content (AvgIpc) is 3.31. The number of nitrogens with one attached hydrogen (secondary N) is 3. The zero-order chi connectivity index (χ0) is 25.5. The number of oxime groups is 1. The first kappa shape index (κ1) is 25.4. The number of hydrogen-bond acceptors (Lipinski definition) is 7. The number of carboxylic acid groups (broad SMARTS) is 1. The van der Waals surface area contributed by atoms with E-state index in [0.29, 0.717) is 11.2 Å². The molecule has 0 bridgehead atoms. The topological polar surface area (TPSA) is 183 Å². The fourth-order valence-electron chi connectivity index (χ4n) is 3.65. The Morgan fingerprint density at radius 1 is 1.17 bits per heavy atom. The van der Waals surface area contributed by atoms with Gasteiger partial charge in [-0.15, -0.1) is 0 Å². The summed E-state index contributed by atoms with van der Waals surface area (Å²) in [6, 6.07) is 8.94. The summed E-state index contributed by atoms with van der Waals surface area (Å²) in [5.74, 6) is -3.24. The van der Waals surface area contributed by atoms with Crippen molar-refractivity contribution in [1.29, 1.82) is 0 Å². The number of rotatable bonds is 11. The molecular weight excluding hydrogens is 456 g/mol. The van der Waals surface area contributed by atoms with Crippen molar-refractivity contribution in [1.82, 2.24) is 15.6 Å². The average molecular weight is 482 g/mol. The predicted molar refractivity (Wildman–Crippen MR) is 123 cm³/mol. The van der Waals surface area contributed by atoms with Crippen LogP contribution < -0.4 is 15.7 Å². The maximum Gasteiger partial charge on any atom is 0.305 e. The Kier molecular flexibility index (Phi) is 8.18. The lowest BCUT2D eigenvalue weighted by Crippen LogP contribution is -2.68. The molecule has 1 aromatic carbocycles. The van der Waals surface area contributed by atoms with E-state index in [9.17, 15) is 19.2 Å². The summed E-state index contributed by atoms with van der Waals surface area (Å²) in [5, 5.41) is 20.7. The first-order valence-corrected chi connectivity index (χ1v) is 11.0. The van der Waals surface area contributed by atoms with Crippen LogP contribution in [0.3, 0.4) is 0 Å². The Morgan fingerprint density at radius 3 is 2.60 bits per heavy atom. The van der Waals surface area contributed by atoms with Gasteiger partial charge in [0, 0.05) is 11.8 Å². The van der Waals surface area contributed by atoms with E-state index in [4.69, 9.17) is 15.5 Å². The lowest BCUT2D eigenvalue weighted by Gasteiger charge is -2.22. The normalized spacial score (nSPS) is 16.7. The number of para-hydroxylation sites is 1. The van der Waals surface area contributed by atoms with Gasteiger partial charge in [0.1, 0.15) is 11.7 Å². The van der Waals surface area contributed by atoms with Gasteiger partial charge in [-0.1, -0.05) is 43.3 Å². The van der Waals surface area contributed by atoms with Gasteiger partial charge in [-0.25, -0.2) is 4.98 Å². The molecule has 0 saturated carbocycles. The second kappa shape index (κ2) is 11.3. The van der Waals surface area contributed by atoms with Crippen molar-refractivity contribution in [3.8, 4) is 0 Å². The van der Waals surface area contributed by atoms with Gasteiger partial charge in [0.25, 0.3) is 11.8 Å². The molecule has 0 saturated heterocycles. The predicted octanol–water partition coefficient (Wildman–Crippen LogP) is -0.235. The molecule has 184 valence electrons. The fourth-order valence-corrected chi connectivity index (χ4v) is 3.65. The van der Waals surface area contributed by atoms with Gasteiger partial charge < -0.3 is 31.2 Å². The summed E-state index contributed by atoms with van der Waals surface area (Å²) in [4.78, 5) is 58.2. The Labute approximate surface area is 200 Å². The van der Waals surface area contributed by atoms with E-state index in [1.54, 1.807) is 17.2 Å². The number of fused-ring (bicyclic) bond motifs is 1. The smallest absolute Gasteiger partial charge is 0.305 e. The Hall–Kier alpha value is -4.22. The Bertz CT molecular complexity index is 1180. The number of Topliss-reactive ketones (excluding diaryl/α,β-unsaturated/α-hetero) is 1. The van der Waals surface area contributed by atoms with Crippen LogP contribution in [-0.4, -0.2) is 64.1 Å². The first-order valence-electron chi connectivity index (χ1n) is 11.0. The number of nitrogens with zero attached hydrogens (tertiary/aromatic N) is 3. The molecule has 2 aromatic rings. The van der Waals surface area contributed by atoms with Gasteiger partial charge in [0.05, 0.1) is 23.7 Å². The maximum absolute atomic E-state index is 12.9. The summed E-state index contributed by atoms with van der Waals surface area (Å²) in [5.41, 5.74) is 10.0. The van der Waals surface area contributed by atoms with Gasteiger partial charge in [-0.05, 0) is 18.1 Å². The van der Waals surface area contributed by atoms with E-state index >= 15 is 0 Å². The summed E-state index contributed by atoms with van der Waals surface area (Å²) in [7, 11) is 0. The number of carbonyl (C=O) groups excluding carboxylic acids is 3. The molecular formula is C23H26N6O6. The Balaban J connectivity index is 1.66. The molecule has 3 atom stereocenters. The number of aliphatic carboxylic acids is 1. The molecule has 2 unspecified atom stereocenters. The van der Waals surface area contributed by atoms with Crippen LogP contribution in [0.4, 0.5) is 0 Å². The highest BCUT2D eigenvalue weighted by Gasteiger charge is 2.36. The van der Waals surface area contributed by atoms with Crippen LogP contribution in [0.25, 0.3) is 16.4 Å². The highest BCUT2D eigenvalue weighted by atomic mass is 16.6. The lowest BCUT2D eigenvalue weighted by atomic mass is 9.95. The van der Waals surface area contributed by atoms with Gasteiger partial charge in [0.15, 0.2) is 6.54 Å². The summed E-state index contributed by atoms with van der Waals surface area (Å²) >= 11 is 0. The number of carboxylic acids is 1. The highest BCUT2D eigenvalue weighted by molar-refractivity contribution is 6.02. The van der Waals surface area contributed by atoms with Crippen LogP contribution >= 0.6 is 0 Å². The molecule has 12 heteroatoms. The molecule has 0 aliphatic carbocycles. The molecule has 12 nitrogen and oxygen atoms in total. The minimum Gasteiger partial charge on any atom is -0.508 e. The maximum atomic E-state index is 12.9. The number of aromatic nitrogens is 1. The minimum atomic E-state index is -1.35. The van der Waals surface area contributed by atoms with Gasteiger partial charge >= 0.3 is 5.97 Å². The second-order valence-electron chi connectivity index (χ2n) is 8.43. The third-order valence-corrected chi connectivity index (χ3v) is 5.46. The van der Waals surface area contributed by atoms with Crippen molar-refractivity contribution in [2.75, 3.05) is 6.54 Å². The molecule has 1 aromatic heterocycles. The number of amides is 2. The lowest BCUT2D eigenvalue weighted by molar-refractivity contribution is -0.467. The Morgan fingerprint density at radius 2 is 1.91 bits per heavy atom. The summed E-state index contributed by atoms with van der Waals surface area (Å²) in [6.45, 7) is 3.21. The summed E-state index contributed by atoms with van der Waals surface area (Å²) < 4.78 is 0. The zero-order valence-electron chi connectivity index (χ0n) is 19.2. The molecule has 3 rings (SSSR count). The van der Waals surface area contributed by atoms with E-state index in [1.807, 2.05) is 38.1 Å². The van der Waals surface area contributed by atoms with Crippen LogP contribution in [0.1, 0.15) is 37.2 Å². The molecule has 2 amide bonds. The summed E-state index contributed by atoms with van der Waals surface area (Å²) in [6.07, 6.45) is -1.73. The van der Waals surface area contributed by atoms with E-state index in [-0.39, 0.29) is 18.0 Å². The molecule has 35 heavy (non-hydrogen) atoms. The molecule has 0 radical (unpaired) electrons. The quantitative estimate of drug-likeness (QED) is 0.319. The number of pyridine rings is 1. The van der Waals surface area contributed by atoms with Crippen molar-refractivity contribution < 1.29 is 34.2 Å². The van der Waals surface area contributed by atoms with Crippen molar-refractivity contribution in [2.45, 2.75) is 44.9 Å². The number of carbonyl (C=O) groups is 4. The van der Waals surface area contributed by atoms with Crippen molar-refractivity contribution in [2.24, 2.45) is 11.1 Å². The standard InChI is InChI=1S/C23H26N6O6/c1-12(2)21(28-22(33)15-8-7-13-5-3-4-6-14(13)26-15)17-9-19(35-29-17)23(34)27-16(10-20(31)32)18(30)11-25-24/h3-8,12,16,19,21,25H,9-11H2,1-2H3,(H,27,34)(H,28,33)(H,31,32)/t16-,19?,21?/m0/s1. The van der Waals surface area contributed by atoms with Gasteiger partial charge in [0.2, 0.25) is 11.9 Å². The number of ketones is 1. The number of benzene rings is 1. The van der Waals surface area contributed by atoms with Crippen LogP contribution in [0, 0.1) is 5.92 Å². The zero-order valence-corrected chi connectivity index (χ0v) is 19.2. The molecule has 1 aliphatic rings. The number of hydrogen-bond donors (Lipinski definition) is 4. The minimum absolute atomic E-state index is 0.0341. The monoisotopic (exact) mass is 482 g/mol. The van der Waals surface area contributed by atoms with E-state index in [0.717, 1.165) is 5.39 Å². The van der Waals surface area contributed by atoms with Crippen molar-refractivity contribution >= 4 is 40.2 Å². The molecule has 1 aliphatic heterocycles. The van der Waals surface area contributed by atoms with E-state index < -0.39 is 54.7 Å². The molecule has 0 spiro atoms. The van der Waals surface area contributed by atoms with Crippen molar-refractivity contribution in [3.05, 3.63) is 47.6 Å². The molecule has 0 fully saturated rings. The van der Waals surface area contributed by atoms with Crippen LogP contribution in [0.5, 0.6) is 0 Å². The molecule has 4 N–H and O–H groups in total. The fraction of sp³-hybridized carbons (Fsp3) is 0.391. The van der Waals surface area contributed by atoms with Crippen LogP contribution in [0.2, 0.25) is 0 Å². The highest BCUT2D eigenvalue weighted by Crippen LogP contribution is 2.19. The molecule has 2 heterocycles. The van der Waals surface area contributed by atoms with Crippen LogP contribution in [-0.2, 0) is 19.2 Å². The van der Waals surface area contributed by atoms with E-state index in [1.165, 1.54) is 0 Å².